The van der Waals surface area contributed by atoms with Crippen LogP contribution in [-0.4, -0.2) is 29.3 Å². The van der Waals surface area contributed by atoms with Gasteiger partial charge in [-0.05, 0) is 51.4 Å². The Kier molecular flexibility index (Phi) is 3.57. The van der Waals surface area contributed by atoms with Crippen LogP contribution < -0.4 is 0 Å². The standard InChI is InChI=1S/C17H20FNO2/c1-3-17(2,19-9-4-5-10-19)16(20)14-11-12-7-6-8-13(18)15(12)21-14/h6-8,11H,3-5,9-10H2,1-2H3. The molecule has 0 spiro atoms. The summed E-state index contributed by atoms with van der Waals surface area (Å²) in [6.45, 7) is 5.85. The number of likely N-dealkylation sites (tertiary alicyclic amines) is 1. The second-order valence-electron chi connectivity index (χ2n) is 5.92. The SMILES string of the molecule is CCC(C)(C(=O)c1cc2cccc(F)c2o1)N1CCCC1. The number of para-hydroxylation sites is 1. The van der Waals surface area contributed by atoms with Gasteiger partial charge in [0.1, 0.15) is 0 Å². The summed E-state index contributed by atoms with van der Waals surface area (Å²) < 4.78 is 19.2. The number of rotatable bonds is 4. The van der Waals surface area contributed by atoms with Crippen molar-refractivity contribution in [1.29, 1.82) is 0 Å². The number of hydrogen-bond acceptors (Lipinski definition) is 3. The highest BCUT2D eigenvalue weighted by molar-refractivity contribution is 6.03. The Balaban J connectivity index is 2.00. The van der Waals surface area contributed by atoms with Gasteiger partial charge in [0.2, 0.25) is 5.78 Å². The molecular formula is C17H20FNO2. The molecule has 0 radical (unpaired) electrons. The van der Waals surface area contributed by atoms with E-state index < -0.39 is 11.4 Å². The van der Waals surface area contributed by atoms with Crippen molar-refractivity contribution in [3.05, 3.63) is 35.8 Å². The second kappa shape index (κ2) is 5.26. The van der Waals surface area contributed by atoms with E-state index in [0.29, 0.717) is 11.8 Å². The zero-order chi connectivity index (χ0) is 15.0. The molecule has 1 atom stereocenters. The number of ketones is 1. The lowest BCUT2D eigenvalue weighted by molar-refractivity contribution is 0.0620. The number of Topliss-reactive ketones (excluding diaryl/α,β-unsaturated/α-hetero) is 1. The Morgan fingerprint density at radius 1 is 1.38 bits per heavy atom. The number of furan rings is 1. The van der Waals surface area contributed by atoms with Crippen molar-refractivity contribution < 1.29 is 13.6 Å². The van der Waals surface area contributed by atoms with E-state index in [2.05, 4.69) is 4.90 Å². The number of carbonyl (C=O) groups is 1. The lowest BCUT2D eigenvalue weighted by atomic mass is 9.89. The van der Waals surface area contributed by atoms with Crippen LogP contribution in [-0.2, 0) is 0 Å². The van der Waals surface area contributed by atoms with Crippen LogP contribution in [0.3, 0.4) is 0 Å². The number of benzene rings is 1. The molecule has 1 fully saturated rings. The normalized spacial score (nSPS) is 19.0. The van der Waals surface area contributed by atoms with Gasteiger partial charge in [0.05, 0.1) is 5.54 Å². The summed E-state index contributed by atoms with van der Waals surface area (Å²) >= 11 is 0. The molecule has 1 aliphatic heterocycles. The Hall–Kier alpha value is -1.68. The lowest BCUT2D eigenvalue weighted by Gasteiger charge is -2.35. The monoisotopic (exact) mass is 289 g/mol. The van der Waals surface area contributed by atoms with E-state index in [0.717, 1.165) is 25.9 Å². The molecule has 1 aromatic carbocycles. The Morgan fingerprint density at radius 2 is 2.10 bits per heavy atom. The van der Waals surface area contributed by atoms with Crippen molar-refractivity contribution in [2.24, 2.45) is 0 Å². The highest BCUT2D eigenvalue weighted by Gasteiger charge is 2.40. The molecule has 3 rings (SSSR count). The predicted octanol–water partition coefficient (Wildman–Crippen LogP) is 4.02. The third kappa shape index (κ3) is 2.27. The van der Waals surface area contributed by atoms with Crippen LogP contribution in [0, 0.1) is 5.82 Å². The Morgan fingerprint density at radius 3 is 2.71 bits per heavy atom. The summed E-state index contributed by atoms with van der Waals surface area (Å²) in [7, 11) is 0. The van der Waals surface area contributed by atoms with Crippen LogP contribution in [0.15, 0.2) is 28.7 Å². The molecule has 4 heteroatoms. The molecule has 3 nitrogen and oxygen atoms in total. The molecule has 0 amide bonds. The third-order valence-corrected chi connectivity index (χ3v) is 4.70. The van der Waals surface area contributed by atoms with Crippen molar-refractivity contribution >= 4 is 16.8 Å². The van der Waals surface area contributed by atoms with Gasteiger partial charge in [0.25, 0.3) is 0 Å². The van der Waals surface area contributed by atoms with E-state index in [-0.39, 0.29) is 17.1 Å². The fourth-order valence-corrected chi connectivity index (χ4v) is 3.14. The van der Waals surface area contributed by atoms with Crippen molar-refractivity contribution in [3.63, 3.8) is 0 Å². The molecule has 21 heavy (non-hydrogen) atoms. The van der Waals surface area contributed by atoms with Crippen molar-refractivity contribution in [3.8, 4) is 0 Å². The predicted molar refractivity (Wildman–Crippen MR) is 80.0 cm³/mol. The minimum absolute atomic E-state index is 0.0532. The molecule has 0 N–H and O–H groups in total. The summed E-state index contributed by atoms with van der Waals surface area (Å²) in [6.07, 6.45) is 2.96. The third-order valence-electron chi connectivity index (χ3n) is 4.70. The van der Waals surface area contributed by atoms with E-state index in [1.807, 2.05) is 13.8 Å². The first-order chi connectivity index (χ1) is 10.1. The second-order valence-corrected chi connectivity index (χ2v) is 5.92. The zero-order valence-corrected chi connectivity index (χ0v) is 12.5. The van der Waals surface area contributed by atoms with Crippen molar-refractivity contribution in [1.82, 2.24) is 4.90 Å². The minimum atomic E-state index is -0.569. The maximum atomic E-state index is 13.7. The molecule has 1 unspecified atom stereocenters. The summed E-state index contributed by atoms with van der Waals surface area (Å²) in [6, 6.07) is 6.39. The first-order valence-electron chi connectivity index (χ1n) is 7.54. The first-order valence-corrected chi connectivity index (χ1v) is 7.54. The zero-order valence-electron chi connectivity index (χ0n) is 12.5. The average Bonchev–Trinajstić information content (AvgIpc) is 3.15. The van der Waals surface area contributed by atoms with Crippen LogP contribution in [0.1, 0.15) is 43.7 Å². The Labute approximate surface area is 123 Å². The fourth-order valence-electron chi connectivity index (χ4n) is 3.14. The molecule has 0 aliphatic carbocycles. The Bertz CT molecular complexity index is 672. The van der Waals surface area contributed by atoms with Crippen LogP contribution in [0.25, 0.3) is 11.0 Å². The van der Waals surface area contributed by atoms with Gasteiger partial charge in [-0.3, -0.25) is 9.69 Å². The smallest absolute Gasteiger partial charge is 0.217 e. The summed E-state index contributed by atoms with van der Waals surface area (Å²) in [5.41, 5.74) is -0.401. The molecule has 1 aromatic heterocycles. The van der Waals surface area contributed by atoms with Gasteiger partial charge in [-0.15, -0.1) is 0 Å². The number of halogens is 1. The quantitative estimate of drug-likeness (QED) is 0.797. The molecule has 2 aromatic rings. The van der Waals surface area contributed by atoms with Crippen LogP contribution >= 0.6 is 0 Å². The summed E-state index contributed by atoms with van der Waals surface area (Å²) in [4.78, 5) is 15.1. The molecule has 2 heterocycles. The highest BCUT2D eigenvalue weighted by Crippen LogP contribution is 2.31. The van der Waals surface area contributed by atoms with Gasteiger partial charge >= 0.3 is 0 Å². The molecule has 112 valence electrons. The van der Waals surface area contributed by atoms with E-state index in [9.17, 15) is 9.18 Å². The largest absolute Gasteiger partial charge is 0.450 e. The van der Waals surface area contributed by atoms with E-state index in [4.69, 9.17) is 4.42 Å². The van der Waals surface area contributed by atoms with Gasteiger partial charge in [0.15, 0.2) is 17.2 Å². The average molecular weight is 289 g/mol. The topological polar surface area (TPSA) is 33.5 Å². The van der Waals surface area contributed by atoms with Crippen LogP contribution in [0.4, 0.5) is 4.39 Å². The number of carbonyl (C=O) groups excluding carboxylic acids is 1. The summed E-state index contributed by atoms with van der Waals surface area (Å²) in [5.74, 6) is -0.222. The molecule has 0 bridgehead atoms. The van der Waals surface area contributed by atoms with Gasteiger partial charge < -0.3 is 4.42 Å². The molecule has 0 saturated carbocycles. The maximum Gasteiger partial charge on any atom is 0.217 e. The molecule has 1 aliphatic rings. The van der Waals surface area contributed by atoms with Crippen LogP contribution in [0.5, 0.6) is 0 Å². The van der Waals surface area contributed by atoms with Gasteiger partial charge in [-0.25, -0.2) is 4.39 Å². The first kappa shape index (κ1) is 14.3. The highest BCUT2D eigenvalue weighted by atomic mass is 19.1. The number of nitrogens with zero attached hydrogens (tertiary/aromatic N) is 1. The van der Waals surface area contributed by atoms with Crippen molar-refractivity contribution in [2.45, 2.75) is 38.6 Å². The van der Waals surface area contributed by atoms with E-state index >= 15 is 0 Å². The van der Waals surface area contributed by atoms with E-state index in [1.54, 1.807) is 18.2 Å². The van der Waals surface area contributed by atoms with Crippen molar-refractivity contribution in [2.75, 3.05) is 13.1 Å². The minimum Gasteiger partial charge on any atom is -0.450 e. The number of hydrogen-bond donors (Lipinski definition) is 0. The van der Waals surface area contributed by atoms with Gasteiger partial charge in [0, 0.05) is 5.39 Å². The molecule has 1 saturated heterocycles. The summed E-state index contributed by atoms with van der Waals surface area (Å²) in [5, 5.41) is 0.637. The van der Waals surface area contributed by atoms with Gasteiger partial charge in [-0.1, -0.05) is 19.1 Å². The molecular weight excluding hydrogens is 269 g/mol. The number of fused-ring (bicyclic) bond motifs is 1. The van der Waals surface area contributed by atoms with E-state index in [1.165, 1.54) is 6.07 Å². The lowest BCUT2D eigenvalue weighted by Crippen LogP contribution is -2.50. The maximum absolute atomic E-state index is 13.7. The fraction of sp³-hybridized carbons (Fsp3) is 0.471. The van der Waals surface area contributed by atoms with Crippen LogP contribution in [0.2, 0.25) is 0 Å². The van der Waals surface area contributed by atoms with Gasteiger partial charge in [-0.2, -0.15) is 0 Å².